The van der Waals surface area contributed by atoms with Crippen molar-refractivity contribution in [3.05, 3.63) is 0 Å². The Kier molecular flexibility index (Phi) is 3.38. The summed E-state index contributed by atoms with van der Waals surface area (Å²) in [6.45, 7) is 0. The number of hydrogen-bond donors (Lipinski definition) is 5. The SMILES string of the molecule is NNP(N)N=C(N)N. The van der Waals surface area contributed by atoms with Gasteiger partial charge < -0.3 is 11.5 Å². The second-order valence-corrected chi connectivity index (χ2v) is 2.15. The molecule has 0 aliphatic rings. The lowest BCUT2D eigenvalue weighted by Crippen LogP contribution is -2.25. The fraction of sp³-hybridized carbons (Fsp3) is 0. The standard InChI is InChI=1S/CH9N6P/c2-1(3)6-8(5)7-4/h7H,4-5H2,(H4,2,3,6). The van der Waals surface area contributed by atoms with E-state index in [2.05, 4.69) is 9.96 Å². The number of hydrogen-bond acceptors (Lipinski definition) is 4. The zero-order valence-corrected chi connectivity index (χ0v) is 5.10. The molecule has 8 heavy (non-hydrogen) atoms. The third kappa shape index (κ3) is 3.76. The predicted octanol–water partition coefficient (Wildman–Crippen LogP) is -2.09. The van der Waals surface area contributed by atoms with Crippen LogP contribution in [-0.2, 0) is 0 Å². The first-order chi connectivity index (χ1) is 3.66. The van der Waals surface area contributed by atoms with E-state index in [0.717, 1.165) is 0 Å². The Morgan fingerprint density at radius 1 is 1.50 bits per heavy atom. The molecule has 7 heteroatoms. The molecule has 0 saturated carbocycles. The highest BCUT2D eigenvalue weighted by molar-refractivity contribution is 7.51. The molecule has 6 nitrogen and oxygen atoms in total. The van der Waals surface area contributed by atoms with Crippen molar-refractivity contribution in [2.75, 3.05) is 0 Å². The van der Waals surface area contributed by atoms with E-state index in [0.29, 0.717) is 0 Å². The van der Waals surface area contributed by atoms with E-state index in [1.807, 2.05) is 0 Å². The van der Waals surface area contributed by atoms with Crippen molar-refractivity contribution in [3.8, 4) is 0 Å². The van der Waals surface area contributed by atoms with Crippen LogP contribution in [0.15, 0.2) is 4.76 Å². The molecule has 9 N–H and O–H groups in total. The molecule has 0 amide bonds. The highest BCUT2D eigenvalue weighted by Crippen LogP contribution is 2.16. The lowest BCUT2D eigenvalue weighted by atomic mass is 11.1. The maximum Gasteiger partial charge on any atom is 0.192 e. The second-order valence-electron chi connectivity index (χ2n) is 0.999. The molecular formula is CH9N6P. The Bertz CT molecular complexity index is 84.5. The summed E-state index contributed by atoms with van der Waals surface area (Å²) in [6.07, 6.45) is 0. The van der Waals surface area contributed by atoms with Crippen LogP contribution < -0.4 is 28.0 Å². The molecule has 0 aromatic rings. The van der Waals surface area contributed by atoms with Crippen LogP contribution in [0.5, 0.6) is 0 Å². The van der Waals surface area contributed by atoms with E-state index in [1.54, 1.807) is 0 Å². The maximum atomic E-state index is 5.16. The quantitative estimate of drug-likeness (QED) is 0.0976. The molecule has 48 valence electrons. The smallest absolute Gasteiger partial charge is 0.192 e. The van der Waals surface area contributed by atoms with Crippen LogP contribution in [0.2, 0.25) is 0 Å². The van der Waals surface area contributed by atoms with Gasteiger partial charge in [0.05, 0.1) is 0 Å². The van der Waals surface area contributed by atoms with Crippen molar-refractivity contribution in [2.45, 2.75) is 0 Å². The largest absolute Gasteiger partial charge is 0.370 e. The Hall–Kier alpha value is -0.420. The Morgan fingerprint density at radius 3 is 2.12 bits per heavy atom. The van der Waals surface area contributed by atoms with Crippen LogP contribution in [0.25, 0.3) is 0 Å². The van der Waals surface area contributed by atoms with Gasteiger partial charge in [-0.1, -0.05) is 0 Å². The summed E-state index contributed by atoms with van der Waals surface area (Å²) in [4.78, 5) is 0. The van der Waals surface area contributed by atoms with Crippen molar-refractivity contribution in [1.82, 2.24) is 5.20 Å². The molecule has 1 unspecified atom stereocenters. The average molecular weight is 136 g/mol. The van der Waals surface area contributed by atoms with Gasteiger partial charge in [-0.05, 0) is 0 Å². The monoisotopic (exact) mass is 136 g/mol. The second kappa shape index (κ2) is 3.57. The summed E-state index contributed by atoms with van der Waals surface area (Å²) < 4.78 is 3.47. The van der Waals surface area contributed by atoms with Crippen molar-refractivity contribution in [1.29, 1.82) is 0 Å². The van der Waals surface area contributed by atoms with Crippen LogP contribution in [0.4, 0.5) is 0 Å². The zero-order valence-electron chi connectivity index (χ0n) is 4.20. The van der Waals surface area contributed by atoms with Crippen molar-refractivity contribution >= 4 is 14.3 Å². The molecular weight excluding hydrogens is 127 g/mol. The summed E-state index contributed by atoms with van der Waals surface area (Å²) >= 11 is 0. The maximum absolute atomic E-state index is 5.16. The van der Waals surface area contributed by atoms with Gasteiger partial charge in [0.25, 0.3) is 0 Å². The first kappa shape index (κ1) is 7.58. The molecule has 1 atom stereocenters. The summed E-state index contributed by atoms with van der Waals surface area (Å²) in [5.74, 6) is 4.80. The normalized spacial score (nSPS) is 12.8. The molecule has 0 saturated heterocycles. The van der Waals surface area contributed by atoms with Gasteiger partial charge in [-0.25, -0.2) is 5.20 Å². The van der Waals surface area contributed by atoms with E-state index in [9.17, 15) is 0 Å². The molecule has 0 rings (SSSR count). The molecule has 0 radical (unpaired) electrons. The third-order valence-corrected chi connectivity index (χ3v) is 1.07. The van der Waals surface area contributed by atoms with E-state index in [4.69, 9.17) is 22.8 Å². The van der Waals surface area contributed by atoms with E-state index in [1.165, 1.54) is 0 Å². The first-order valence-corrected chi connectivity index (χ1v) is 3.14. The summed E-state index contributed by atoms with van der Waals surface area (Å²) in [5.41, 5.74) is 15.0. The summed E-state index contributed by atoms with van der Waals surface area (Å²) in [6, 6.07) is 0. The van der Waals surface area contributed by atoms with Crippen LogP contribution in [0.1, 0.15) is 0 Å². The highest BCUT2D eigenvalue weighted by Gasteiger charge is 1.91. The molecule has 0 aliphatic heterocycles. The van der Waals surface area contributed by atoms with Gasteiger partial charge in [-0.2, -0.15) is 4.76 Å². The number of nitrogens with two attached hydrogens (primary N) is 4. The van der Waals surface area contributed by atoms with Crippen LogP contribution in [-0.4, -0.2) is 5.96 Å². The molecule has 0 aromatic carbocycles. The molecule has 0 heterocycles. The minimum atomic E-state index is -1.25. The van der Waals surface area contributed by atoms with E-state index >= 15 is 0 Å². The van der Waals surface area contributed by atoms with Gasteiger partial charge in [-0.15, -0.1) is 0 Å². The van der Waals surface area contributed by atoms with Crippen molar-refractivity contribution in [3.63, 3.8) is 0 Å². The predicted molar refractivity (Wildman–Crippen MR) is 34.2 cm³/mol. The topological polar surface area (TPSA) is 128 Å². The zero-order chi connectivity index (χ0) is 6.57. The summed E-state index contributed by atoms with van der Waals surface area (Å²) in [5, 5.41) is 2.19. The first-order valence-electron chi connectivity index (χ1n) is 1.77. The number of guanidine groups is 1. The number of nitrogens with zero attached hydrogens (tertiary/aromatic N) is 1. The molecule has 0 spiro atoms. The number of rotatable bonds is 2. The molecule has 0 aliphatic carbocycles. The van der Waals surface area contributed by atoms with Gasteiger partial charge in [0.2, 0.25) is 0 Å². The average Bonchev–Trinajstić information content (AvgIpc) is 1.65. The van der Waals surface area contributed by atoms with Gasteiger partial charge in [0.1, 0.15) is 0 Å². The minimum absolute atomic E-state index is 0.0587. The third-order valence-electron chi connectivity index (χ3n) is 0.355. The Labute approximate surface area is 48.2 Å². The fourth-order valence-electron chi connectivity index (χ4n) is 0.153. The van der Waals surface area contributed by atoms with Gasteiger partial charge in [0.15, 0.2) is 14.3 Å². The fourth-order valence-corrected chi connectivity index (χ4v) is 0.460. The van der Waals surface area contributed by atoms with Crippen molar-refractivity contribution < 1.29 is 0 Å². The lowest BCUT2D eigenvalue weighted by molar-refractivity contribution is 1.08. The molecule has 0 bridgehead atoms. The van der Waals surface area contributed by atoms with Gasteiger partial charge in [-0.3, -0.25) is 11.3 Å². The molecule has 0 aromatic heterocycles. The van der Waals surface area contributed by atoms with Gasteiger partial charge >= 0.3 is 0 Å². The Morgan fingerprint density at radius 2 is 2.00 bits per heavy atom. The molecule has 0 fully saturated rings. The Balaban J connectivity index is 3.51. The van der Waals surface area contributed by atoms with Crippen LogP contribution in [0.3, 0.4) is 0 Å². The minimum Gasteiger partial charge on any atom is -0.370 e. The van der Waals surface area contributed by atoms with Crippen LogP contribution >= 0.6 is 8.37 Å². The summed E-state index contributed by atoms with van der Waals surface area (Å²) in [7, 11) is -1.25. The van der Waals surface area contributed by atoms with E-state index < -0.39 is 8.37 Å². The van der Waals surface area contributed by atoms with Crippen molar-refractivity contribution in [2.24, 2.45) is 27.6 Å². The highest BCUT2D eigenvalue weighted by atomic mass is 31.1. The van der Waals surface area contributed by atoms with Gasteiger partial charge in [0, 0.05) is 0 Å². The van der Waals surface area contributed by atoms with Crippen LogP contribution in [0, 0.1) is 0 Å². The lowest BCUT2D eigenvalue weighted by Gasteiger charge is -2.00. The van der Waals surface area contributed by atoms with E-state index in [-0.39, 0.29) is 5.96 Å². The number of nitrogens with one attached hydrogen (secondary N) is 1. The number of hydrazine groups is 1.